The van der Waals surface area contributed by atoms with Crippen LogP contribution in [0.25, 0.3) is 0 Å². The standard InChI is InChI=1S/C24H24N4O7S.Na/c1-24(2)20(23(32)33)27-21(31)19(22(27)36-24)26-18(30)12-14-5-3-4-6-16(14)25-17(29)11-13-7-9-15(10-8-13)28(34)35;/h3-10,19-20,22H,11-12H2,1-2H3,(H,25,29)(H,26,30)(H,32,33);/q;+1/p-1/t19?,20-,22+;/m0./s1. The first kappa shape index (κ1) is 28.6. The number of carboxylic acid groups (broad SMARTS) is 1. The average molecular weight is 535 g/mol. The molecule has 37 heavy (non-hydrogen) atoms. The monoisotopic (exact) mass is 534 g/mol. The second kappa shape index (κ2) is 11.2. The van der Waals surface area contributed by atoms with Gasteiger partial charge in [0.05, 0.1) is 29.8 Å². The Morgan fingerprint density at radius 1 is 1.05 bits per heavy atom. The molecule has 2 N–H and O–H groups in total. The summed E-state index contributed by atoms with van der Waals surface area (Å²) in [5.74, 6) is -2.60. The van der Waals surface area contributed by atoms with Gasteiger partial charge in [-0.3, -0.25) is 24.5 Å². The number of aliphatic carboxylic acids is 1. The van der Waals surface area contributed by atoms with Crippen molar-refractivity contribution in [3.63, 3.8) is 0 Å². The largest absolute Gasteiger partial charge is 1.00 e. The zero-order valence-electron chi connectivity index (χ0n) is 20.4. The van der Waals surface area contributed by atoms with Gasteiger partial charge in [-0.1, -0.05) is 30.3 Å². The van der Waals surface area contributed by atoms with Crippen LogP contribution in [0.3, 0.4) is 0 Å². The van der Waals surface area contributed by atoms with Crippen LogP contribution < -0.4 is 45.3 Å². The molecular formula is C24H23N4NaO7S. The number of carbonyl (C=O) groups is 4. The molecule has 3 atom stereocenters. The van der Waals surface area contributed by atoms with Crippen molar-refractivity contribution >= 4 is 46.8 Å². The van der Waals surface area contributed by atoms with E-state index >= 15 is 0 Å². The third-order valence-electron chi connectivity index (χ3n) is 6.14. The number of rotatable bonds is 8. The van der Waals surface area contributed by atoms with Gasteiger partial charge in [-0.05, 0) is 31.0 Å². The third-order valence-corrected chi connectivity index (χ3v) is 7.71. The molecule has 0 aliphatic carbocycles. The zero-order valence-corrected chi connectivity index (χ0v) is 23.2. The van der Waals surface area contributed by atoms with E-state index in [0.717, 1.165) is 0 Å². The summed E-state index contributed by atoms with van der Waals surface area (Å²) in [7, 11) is 0. The normalized spacial score (nSPS) is 21.2. The Hall–Kier alpha value is -2.93. The predicted octanol–water partition coefficient (Wildman–Crippen LogP) is -2.38. The molecule has 0 radical (unpaired) electrons. The molecule has 0 aromatic heterocycles. The maximum atomic E-state index is 12.8. The van der Waals surface area contributed by atoms with Gasteiger partial charge in [0.1, 0.15) is 11.4 Å². The van der Waals surface area contributed by atoms with E-state index in [0.29, 0.717) is 16.8 Å². The number of anilines is 1. The number of para-hydroxylation sites is 1. The van der Waals surface area contributed by atoms with Gasteiger partial charge >= 0.3 is 29.6 Å². The summed E-state index contributed by atoms with van der Waals surface area (Å²) in [4.78, 5) is 60.9. The summed E-state index contributed by atoms with van der Waals surface area (Å²) in [6, 6.07) is 10.5. The predicted molar refractivity (Wildman–Crippen MR) is 129 cm³/mol. The summed E-state index contributed by atoms with van der Waals surface area (Å²) in [6.45, 7) is 3.44. The van der Waals surface area contributed by atoms with Gasteiger partial charge in [-0.25, -0.2) is 0 Å². The van der Waals surface area contributed by atoms with Crippen LogP contribution in [0.4, 0.5) is 11.4 Å². The maximum Gasteiger partial charge on any atom is 1.00 e. The number of nitro benzene ring substituents is 1. The number of β-lactam (4-membered cyclic amide) rings is 1. The first-order valence-corrected chi connectivity index (χ1v) is 12.0. The van der Waals surface area contributed by atoms with Gasteiger partial charge in [0.15, 0.2) is 0 Å². The molecule has 2 aromatic carbocycles. The summed E-state index contributed by atoms with van der Waals surface area (Å²) < 4.78 is -0.751. The Labute approximate surface area is 238 Å². The summed E-state index contributed by atoms with van der Waals surface area (Å²) in [5.41, 5.74) is 1.48. The van der Waals surface area contributed by atoms with Crippen LogP contribution in [0.2, 0.25) is 0 Å². The Balaban J connectivity index is 0.00000380. The van der Waals surface area contributed by atoms with Crippen molar-refractivity contribution in [2.75, 3.05) is 5.32 Å². The number of thioether (sulfide) groups is 1. The second-order valence-electron chi connectivity index (χ2n) is 9.11. The molecule has 188 valence electrons. The maximum absolute atomic E-state index is 12.8. The number of carbonyl (C=O) groups excluding carboxylic acids is 4. The fourth-order valence-corrected chi connectivity index (χ4v) is 6.06. The molecule has 0 saturated carbocycles. The van der Waals surface area contributed by atoms with Gasteiger partial charge in [-0.15, -0.1) is 11.8 Å². The molecule has 11 nitrogen and oxygen atoms in total. The minimum Gasteiger partial charge on any atom is -0.548 e. The van der Waals surface area contributed by atoms with E-state index in [4.69, 9.17) is 0 Å². The van der Waals surface area contributed by atoms with Crippen molar-refractivity contribution in [2.45, 2.75) is 48.9 Å². The van der Waals surface area contributed by atoms with Crippen LogP contribution in [-0.4, -0.2) is 55.7 Å². The van der Waals surface area contributed by atoms with Crippen LogP contribution in [-0.2, 0) is 32.0 Å². The smallest absolute Gasteiger partial charge is 0.548 e. The number of benzene rings is 2. The number of nitro groups is 1. The average Bonchev–Trinajstić information content (AvgIpc) is 3.07. The summed E-state index contributed by atoms with van der Waals surface area (Å²) in [5, 5.41) is 27.3. The molecule has 2 aliphatic rings. The van der Waals surface area contributed by atoms with Crippen LogP contribution in [0.1, 0.15) is 25.0 Å². The number of hydrogen-bond donors (Lipinski definition) is 2. The molecule has 2 aliphatic heterocycles. The number of carboxylic acids is 1. The molecule has 0 bridgehead atoms. The first-order valence-electron chi connectivity index (χ1n) is 11.1. The summed E-state index contributed by atoms with van der Waals surface area (Å²) >= 11 is 1.30. The van der Waals surface area contributed by atoms with Crippen molar-refractivity contribution in [3.05, 3.63) is 69.8 Å². The van der Waals surface area contributed by atoms with E-state index in [-0.39, 0.29) is 54.0 Å². The molecule has 13 heteroatoms. The first-order chi connectivity index (χ1) is 17.0. The van der Waals surface area contributed by atoms with Gasteiger partial charge in [-0.2, -0.15) is 0 Å². The van der Waals surface area contributed by atoms with Crippen molar-refractivity contribution < 1.29 is 58.8 Å². The molecular weight excluding hydrogens is 511 g/mol. The van der Waals surface area contributed by atoms with E-state index in [2.05, 4.69) is 10.6 Å². The van der Waals surface area contributed by atoms with Crippen molar-refractivity contribution in [3.8, 4) is 0 Å². The Bertz CT molecular complexity index is 1250. The Morgan fingerprint density at radius 3 is 2.32 bits per heavy atom. The van der Waals surface area contributed by atoms with Gasteiger partial charge in [0.25, 0.3) is 5.69 Å². The topological polar surface area (TPSA) is 162 Å². The number of nitrogens with one attached hydrogen (secondary N) is 2. The van der Waals surface area contributed by atoms with Crippen molar-refractivity contribution in [1.29, 1.82) is 0 Å². The van der Waals surface area contributed by atoms with Crippen LogP contribution in [0, 0.1) is 10.1 Å². The molecule has 2 heterocycles. The van der Waals surface area contributed by atoms with E-state index in [1.807, 2.05) is 0 Å². The van der Waals surface area contributed by atoms with Crippen LogP contribution in [0.5, 0.6) is 0 Å². The number of amides is 3. The minimum atomic E-state index is -1.33. The van der Waals surface area contributed by atoms with Gasteiger partial charge in [0, 0.05) is 22.6 Å². The molecule has 1 unspecified atom stereocenters. The van der Waals surface area contributed by atoms with Gasteiger partial charge in [0.2, 0.25) is 17.7 Å². The quantitative estimate of drug-likeness (QED) is 0.164. The Kier molecular flexibility index (Phi) is 8.68. The Morgan fingerprint density at radius 2 is 1.70 bits per heavy atom. The number of hydrogen-bond acceptors (Lipinski definition) is 8. The van der Waals surface area contributed by atoms with E-state index in [1.165, 1.54) is 40.9 Å². The van der Waals surface area contributed by atoms with E-state index in [9.17, 15) is 34.4 Å². The SMILES string of the molecule is CC1(C)S[C@@H]2C(NC(=O)Cc3ccccc3NC(=O)Cc3ccc([N+](=O)[O-])cc3)C(=O)N2[C@H]1C(=O)[O-].[Na+]. The van der Waals surface area contributed by atoms with Crippen molar-refractivity contribution in [1.82, 2.24) is 10.2 Å². The van der Waals surface area contributed by atoms with Gasteiger partial charge < -0.3 is 25.4 Å². The van der Waals surface area contributed by atoms with E-state index < -0.39 is 44.9 Å². The molecule has 2 fully saturated rings. The summed E-state index contributed by atoms with van der Waals surface area (Å²) in [6.07, 6.45) is -0.123. The third kappa shape index (κ3) is 5.98. The molecule has 2 aromatic rings. The fourth-order valence-electron chi connectivity index (χ4n) is 4.44. The minimum absolute atomic E-state index is 0. The number of non-ortho nitro benzene ring substituents is 1. The van der Waals surface area contributed by atoms with Crippen molar-refractivity contribution in [2.24, 2.45) is 0 Å². The number of fused-ring (bicyclic) bond motifs is 1. The van der Waals surface area contributed by atoms with E-state index in [1.54, 1.807) is 38.1 Å². The van der Waals surface area contributed by atoms with Crippen LogP contribution >= 0.6 is 11.8 Å². The van der Waals surface area contributed by atoms with Crippen LogP contribution in [0.15, 0.2) is 48.5 Å². The zero-order chi connectivity index (χ0) is 26.2. The fraction of sp³-hybridized carbons (Fsp3) is 0.333. The molecule has 3 amide bonds. The molecule has 0 spiro atoms. The number of nitrogens with zero attached hydrogens (tertiary/aromatic N) is 2. The molecule has 4 rings (SSSR count). The molecule has 2 saturated heterocycles. The second-order valence-corrected chi connectivity index (χ2v) is 10.9.